The minimum absolute atomic E-state index is 0.0184. The molecule has 0 spiro atoms. The van der Waals surface area contributed by atoms with E-state index in [1.54, 1.807) is 31.2 Å². The Morgan fingerprint density at radius 3 is 2.25 bits per heavy atom. The van der Waals surface area contributed by atoms with Crippen LogP contribution in [0.3, 0.4) is 0 Å². The third-order valence-corrected chi connectivity index (χ3v) is 4.83. The smallest absolute Gasteiger partial charge is 0.232 e. The SMILES string of the molecule is CCS(=O)(=O)Nc1ccc(NC(=O)C2(CN)CC2)cc1. The van der Waals surface area contributed by atoms with Gasteiger partial charge in [0.05, 0.1) is 11.2 Å². The number of nitrogens with two attached hydrogens (primary N) is 1. The Kier molecular flexibility index (Phi) is 4.01. The number of amides is 1. The normalized spacial score (nSPS) is 16.5. The summed E-state index contributed by atoms with van der Waals surface area (Å²) in [5.74, 6) is -0.0493. The van der Waals surface area contributed by atoms with Crippen LogP contribution in [0.2, 0.25) is 0 Å². The molecule has 4 N–H and O–H groups in total. The minimum atomic E-state index is -3.28. The maximum absolute atomic E-state index is 12.0. The van der Waals surface area contributed by atoms with Crippen molar-refractivity contribution in [3.05, 3.63) is 24.3 Å². The number of anilines is 2. The highest BCUT2D eigenvalue weighted by Crippen LogP contribution is 2.45. The lowest BCUT2D eigenvalue weighted by Crippen LogP contribution is -2.30. The number of rotatable bonds is 6. The molecule has 0 aliphatic heterocycles. The standard InChI is InChI=1S/C13H19N3O3S/c1-2-20(18,19)16-11-5-3-10(4-6-11)15-12(17)13(9-14)7-8-13/h3-6,16H,2,7-9,14H2,1H3,(H,15,17). The van der Waals surface area contributed by atoms with Crippen LogP contribution in [0.25, 0.3) is 0 Å². The van der Waals surface area contributed by atoms with E-state index in [0.717, 1.165) is 12.8 Å². The zero-order valence-electron chi connectivity index (χ0n) is 11.3. The highest BCUT2D eigenvalue weighted by atomic mass is 32.2. The van der Waals surface area contributed by atoms with Crippen molar-refractivity contribution in [2.45, 2.75) is 19.8 Å². The summed E-state index contributed by atoms with van der Waals surface area (Å²) in [4.78, 5) is 12.0. The Labute approximate surface area is 118 Å². The molecule has 0 unspecified atom stereocenters. The van der Waals surface area contributed by atoms with Gasteiger partial charge in [-0.05, 0) is 44.0 Å². The number of carbonyl (C=O) groups excluding carboxylic acids is 1. The van der Waals surface area contributed by atoms with Crippen LogP contribution in [0.15, 0.2) is 24.3 Å². The van der Waals surface area contributed by atoms with Crippen LogP contribution in [0.5, 0.6) is 0 Å². The summed E-state index contributed by atoms with van der Waals surface area (Å²) in [7, 11) is -3.28. The molecule has 0 radical (unpaired) electrons. The van der Waals surface area contributed by atoms with Crippen LogP contribution < -0.4 is 15.8 Å². The second kappa shape index (κ2) is 5.41. The first kappa shape index (κ1) is 14.8. The molecule has 2 rings (SSSR count). The fourth-order valence-corrected chi connectivity index (χ4v) is 2.45. The van der Waals surface area contributed by atoms with E-state index >= 15 is 0 Å². The van der Waals surface area contributed by atoms with E-state index in [9.17, 15) is 13.2 Å². The molecule has 1 saturated carbocycles. The van der Waals surface area contributed by atoms with Gasteiger partial charge < -0.3 is 11.1 Å². The summed E-state index contributed by atoms with van der Waals surface area (Å²) in [6.07, 6.45) is 1.65. The number of hydrogen-bond acceptors (Lipinski definition) is 4. The van der Waals surface area contributed by atoms with Crippen LogP contribution in [-0.4, -0.2) is 26.6 Å². The number of sulfonamides is 1. The molecular formula is C13H19N3O3S. The van der Waals surface area contributed by atoms with Crippen molar-refractivity contribution < 1.29 is 13.2 Å². The summed E-state index contributed by atoms with van der Waals surface area (Å²) in [6, 6.07) is 6.56. The Morgan fingerprint density at radius 1 is 1.25 bits per heavy atom. The van der Waals surface area contributed by atoms with Gasteiger partial charge in [0.2, 0.25) is 15.9 Å². The summed E-state index contributed by atoms with van der Waals surface area (Å²) in [6.45, 7) is 1.92. The van der Waals surface area contributed by atoms with Crippen LogP contribution in [0.1, 0.15) is 19.8 Å². The molecule has 0 aromatic heterocycles. The lowest BCUT2D eigenvalue weighted by Gasteiger charge is -2.13. The van der Waals surface area contributed by atoms with E-state index in [-0.39, 0.29) is 11.7 Å². The summed E-state index contributed by atoms with van der Waals surface area (Å²) < 4.78 is 25.3. The fourth-order valence-electron chi connectivity index (χ4n) is 1.81. The second-order valence-corrected chi connectivity index (χ2v) is 7.03. The molecule has 1 aliphatic rings. The van der Waals surface area contributed by atoms with Crippen molar-refractivity contribution in [2.24, 2.45) is 11.1 Å². The van der Waals surface area contributed by atoms with E-state index in [1.807, 2.05) is 0 Å². The van der Waals surface area contributed by atoms with Crippen LogP contribution in [-0.2, 0) is 14.8 Å². The molecule has 6 nitrogen and oxygen atoms in total. The van der Waals surface area contributed by atoms with Gasteiger partial charge in [0.25, 0.3) is 0 Å². The highest BCUT2D eigenvalue weighted by molar-refractivity contribution is 7.92. The number of hydrogen-bond donors (Lipinski definition) is 3. The molecular weight excluding hydrogens is 278 g/mol. The molecule has 110 valence electrons. The molecule has 1 amide bonds. The lowest BCUT2D eigenvalue weighted by atomic mass is 10.1. The molecule has 0 bridgehead atoms. The number of benzene rings is 1. The Morgan fingerprint density at radius 2 is 1.80 bits per heavy atom. The van der Waals surface area contributed by atoms with Crippen LogP contribution in [0.4, 0.5) is 11.4 Å². The van der Waals surface area contributed by atoms with Gasteiger partial charge in [0.15, 0.2) is 0 Å². The van der Waals surface area contributed by atoms with Gasteiger partial charge in [-0.25, -0.2) is 8.42 Å². The predicted octanol–water partition coefficient (Wildman–Crippen LogP) is 1.13. The summed E-state index contributed by atoms with van der Waals surface area (Å²) >= 11 is 0. The van der Waals surface area contributed by atoms with Gasteiger partial charge in [-0.3, -0.25) is 9.52 Å². The Hall–Kier alpha value is -1.60. The third kappa shape index (κ3) is 3.29. The van der Waals surface area contributed by atoms with Gasteiger partial charge in [-0.1, -0.05) is 0 Å². The number of nitrogens with one attached hydrogen (secondary N) is 2. The molecule has 0 heterocycles. The Bertz CT molecular complexity index is 592. The maximum atomic E-state index is 12.0. The molecule has 20 heavy (non-hydrogen) atoms. The number of carbonyl (C=O) groups is 1. The van der Waals surface area contributed by atoms with Crippen molar-refractivity contribution in [3.8, 4) is 0 Å². The van der Waals surface area contributed by atoms with Gasteiger partial charge in [0.1, 0.15) is 0 Å². The van der Waals surface area contributed by atoms with Gasteiger partial charge >= 0.3 is 0 Å². The average Bonchev–Trinajstić information content (AvgIpc) is 3.22. The molecule has 1 aliphatic carbocycles. The zero-order valence-corrected chi connectivity index (χ0v) is 12.2. The third-order valence-electron chi connectivity index (χ3n) is 3.52. The largest absolute Gasteiger partial charge is 0.329 e. The van der Waals surface area contributed by atoms with E-state index < -0.39 is 15.4 Å². The maximum Gasteiger partial charge on any atom is 0.232 e. The topological polar surface area (TPSA) is 101 Å². The molecule has 1 aromatic carbocycles. The van der Waals surface area contributed by atoms with Crippen molar-refractivity contribution >= 4 is 27.3 Å². The van der Waals surface area contributed by atoms with Gasteiger partial charge in [-0.15, -0.1) is 0 Å². The fraction of sp³-hybridized carbons (Fsp3) is 0.462. The molecule has 0 atom stereocenters. The molecule has 0 saturated heterocycles. The van der Waals surface area contributed by atoms with E-state index in [2.05, 4.69) is 10.0 Å². The second-order valence-electron chi connectivity index (χ2n) is 5.02. The van der Waals surface area contributed by atoms with Crippen molar-refractivity contribution in [1.29, 1.82) is 0 Å². The van der Waals surface area contributed by atoms with E-state index in [1.165, 1.54) is 0 Å². The Balaban J connectivity index is 2.00. The van der Waals surface area contributed by atoms with Gasteiger partial charge in [0, 0.05) is 17.9 Å². The van der Waals surface area contributed by atoms with E-state index in [0.29, 0.717) is 17.9 Å². The minimum Gasteiger partial charge on any atom is -0.329 e. The monoisotopic (exact) mass is 297 g/mol. The molecule has 1 aromatic rings. The first-order valence-electron chi connectivity index (χ1n) is 6.53. The lowest BCUT2D eigenvalue weighted by molar-refractivity contribution is -0.120. The van der Waals surface area contributed by atoms with Crippen LogP contribution in [0, 0.1) is 5.41 Å². The van der Waals surface area contributed by atoms with Crippen molar-refractivity contribution in [3.63, 3.8) is 0 Å². The summed E-state index contributed by atoms with van der Waals surface area (Å²) in [5, 5.41) is 2.80. The van der Waals surface area contributed by atoms with Crippen molar-refractivity contribution in [1.82, 2.24) is 0 Å². The zero-order chi connectivity index (χ0) is 14.8. The van der Waals surface area contributed by atoms with Crippen molar-refractivity contribution in [2.75, 3.05) is 22.3 Å². The van der Waals surface area contributed by atoms with Crippen LogP contribution >= 0.6 is 0 Å². The molecule has 1 fully saturated rings. The van der Waals surface area contributed by atoms with Gasteiger partial charge in [-0.2, -0.15) is 0 Å². The highest BCUT2D eigenvalue weighted by Gasteiger charge is 2.48. The summed E-state index contributed by atoms with van der Waals surface area (Å²) in [5.41, 5.74) is 6.30. The average molecular weight is 297 g/mol. The molecule has 7 heteroatoms. The van der Waals surface area contributed by atoms with E-state index in [4.69, 9.17) is 5.73 Å². The quantitative estimate of drug-likeness (QED) is 0.732. The first-order valence-corrected chi connectivity index (χ1v) is 8.18. The predicted molar refractivity (Wildman–Crippen MR) is 78.9 cm³/mol. The first-order chi connectivity index (χ1) is 9.41.